The van der Waals surface area contributed by atoms with Gasteiger partial charge in [0, 0.05) is 5.75 Å². The first kappa shape index (κ1) is 9.88. The average Bonchev–Trinajstić information content (AvgIpc) is 1.89. The molecular weight excluding hydrogens is 188 g/mol. The van der Waals surface area contributed by atoms with Gasteiger partial charge in [-0.3, -0.25) is 0 Å². The van der Waals surface area contributed by atoms with Crippen LogP contribution in [0.1, 0.15) is 0 Å². The Morgan fingerprint density at radius 1 is 1.22 bits per heavy atom. The molecule has 0 nitrogen and oxygen atoms in total. The molecule has 0 saturated heterocycles. The zero-order valence-electron chi connectivity index (χ0n) is 4.91. The number of hydrogen-bond donors (Lipinski definition) is 0. The first-order valence-electron chi connectivity index (χ1n) is 2.25. The summed E-state index contributed by atoms with van der Waals surface area (Å²) in [5.41, 5.74) is 0. The van der Waals surface area contributed by atoms with E-state index in [1.807, 2.05) is 11.5 Å². The van der Waals surface area contributed by atoms with E-state index in [1.165, 1.54) is 0 Å². The summed E-state index contributed by atoms with van der Waals surface area (Å²) in [5.74, 6) is 1.01. The van der Waals surface area contributed by atoms with Crippen LogP contribution in [0.3, 0.4) is 0 Å². The van der Waals surface area contributed by atoms with E-state index in [1.54, 1.807) is 41.2 Å². The Kier molecular flexibility index (Phi) is 9.75. The molecule has 0 aliphatic carbocycles. The maximum Gasteiger partial charge on any atom is 0.0223 e. The normalized spacial score (nSPS) is 8.89. The molecule has 0 unspecified atom stereocenters. The average molecular weight is 196 g/mol. The maximum atomic E-state index is 3.61. The number of rotatable bonds is 6. The van der Waals surface area contributed by atoms with Gasteiger partial charge in [-0.05, 0) is 25.1 Å². The Morgan fingerprint density at radius 3 is 2.56 bits per heavy atom. The fourth-order valence-corrected chi connectivity index (χ4v) is 4.82. The quantitative estimate of drug-likeness (QED) is 0.358. The Bertz CT molecular complexity index is 71.0. The van der Waals surface area contributed by atoms with E-state index in [2.05, 4.69) is 13.2 Å². The summed E-state index contributed by atoms with van der Waals surface area (Å²) in [7, 11) is 6.91. The molecule has 0 rings (SSSR count). The lowest BCUT2D eigenvalue weighted by molar-refractivity contribution is 1.84. The minimum absolute atomic E-state index is 1.01. The van der Waals surface area contributed by atoms with Crippen molar-refractivity contribution in [1.29, 1.82) is 0 Å². The highest BCUT2D eigenvalue weighted by Crippen LogP contribution is 2.42. The molecule has 0 radical (unpaired) electrons. The largest absolute Gasteiger partial charge is 0.102 e. The van der Waals surface area contributed by atoms with E-state index in [0.717, 1.165) is 5.75 Å². The zero-order valence-corrected chi connectivity index (χ0v) is 8.18. The van der Waals surface area contributed by atoms with Gasteiger partial charge in [0.1, 0.15) is 0 Å². The summed E-state index contributed by atoms with van der Waals surface area (Å²) >= 11 is 0. The molecule has 4 heteroatoms. The second-order valence-corrected chi connectivity index (χ2v) is 6.89. The van der Waals surface area contributed by atoms with Crippen molar-refractivity contribution < 1.29 is 0 Å². The smallest absolute Gasteiger partial charge is 0.0223 e. The molecule has 0 aromatic carbocycles. The first-order valence-corrected chi connectivity index (χ1v) is 7.30. The van der Waals surface area contributed by atoms with E-state index in [0.29, 0.717) is 0 Å². The summed E-state index contributed by atoms with van der Waals surface area (Å²) in [6, 6.07) is 0. The molecule has 0 aromatic heterocycles. The van der Waals surface area contributed by atoms with Crippen LogP contribution in [0.4, 0.5) is 0 Å². The van der Waals surface area contributed by atoms with Crippen molar-refractivity contribution in [3.8, 4) is 0 Å². The molecule has 0 spiro atoms. The van der Waals surface area contributed by atoms with Crippen LogP contribution >= 0.6 is 41.2 Å². The van der Waals surface area contributed by atoms with Crippen LogP contribution in [0, 0.1) is 0 Å². The molecule has 0 heterocycles. The van der Waals surface area contributed by atoms with Crippen LogP contribution < -0.4 is 0 Å². The van der Waals surface area contributed by atoms with Crippen LogP contribution in [0.15, 0.2) is 24.6 Å². The summed E-state index contributed by atoms with van der Waals surface area (Å²) in [6.45, 7) is 7.19. The van der Waals surface area contributed by atoms with Gasteiger partial charge < -0.3 is 0 Å². The van der Waals surface area contributed by atoms with Gasteiger partial charge in [0.15, 0.2) is 0 Å². The van der Waals surface area contributed by atoms with Gasteiger partial charge in [0.05, 0.1) is 0 Å². The molecule has 0 atom stereocenters. The van der Waals surface area contributed by atoms with Crippen molar-refractivity contribution >= 4 is 41.2 Å². The van der Waals surface area contributed by atoms with Gasteiger partial charge in [0.2, 0.25) is 0 Å². The second kappa shape index (κ2) is 8.88. The van der Waals surface area contributed by atoms with Crippen LogP contribution in [-0.2, 0) is 0 Å². The van der Waals surface area contributed by atoms with Crippen LogP contribution in [0.2, 0.25) is 0 Å². The van der Waals surface area contributed by atoms with Gasteiger partial charge in [0.25, 0.3) is 0 Å². The topological polar surface area (TPSA) is 0 Å². The van der Waals surface area contributed by atoms with E-state index >= 15 is 0 Å². The summed E-state index contributed by atoms with van der Waals surface area (Å²) in [5, 5.41) is 1.83. The lowest BCUT2D eigenvalue weighted by Crippen LogP contribution is -1.55. The van der Waals surface area contributed by atoms with Crippen molar-refractivity contribution in [1.82, 2.24) is 0 Å². The minimum atomic E-state index is 1.01. The summed E-state index contributed by atoms with van der Waals surface area (Å²) in [4.78, 5) is 0. The van der Waals surface area contributed by atoms with Crippen molar-refractivity contribution in [3.63, 3.8) is 0 Å². The highest BCUT2D eigenvalue weighted by molar-refractivity contribution is 9.26. The molecule has 0 fully saturated rings. The van der Waals surface area contributed by atoms with Gasteiger partial charge in [-0.1, -0.05) is 34.2 Å². The monoisotopic (exact) mass is 196 g/mol. The summed E-state index contributed by atoms with van der Waals surface area (Å²) in [6.07, 6.45) is 1.90. The van der Waals surface area contributed by atoms with E-state index < -0.39 is 0 Å². The third kappa shape index (κ3) is 8.88. The Labute approximate surface area is 71.5 Å². The third-order valence-corrected chi connectivity index (χ3v) is 6.19. The second-order valence-electron chi connectivity index (χ2n) is 0.972. The third-order valence-electron chi connectivity index (χ3n) is 0.369. The predicted molar refractivity (Wildman–Crippen MR) is 55.6 cm³/mol. The standard InChI is InChI=1S/C5H8S4/c1-3-5-7-9-8-6-4-2/h3-4H,1-2,5H2. The SMILES string of the molecule is C=CCSSSSC=C. The van der Waals surface area contributed by atoms with Gasteiger partial charge in [-0.15, -0.1) is 6.58 Å². The maximum absolute atomic E-state index is 3.61. The van der Waals surface area contributed by atoms with Crippen molar-refractivity contribution in [2.24, 2.45) is 0 Å². The molecule has 0 amide bonds. The molecule has 9 heavy (non-hydrogen) atoms. The van der Waals surface area contributed by atoms with Crippen LogP contribution in [0.25, 0.3) is 0 Å². The van der Waals surface area contributed by atoms with E-state index in [-0.39, 0.29) is 0 Å². The summed E-state index contributed by atoms with van der Waals surface area (Å²) < 4.78 is 0. The molecule has 0 N–H and O–H groups in total. The predicted octanol–water partition coefficient (Wildman–Crippen LogP) is 3.99. The molecule has 0 aliphatic rings. The van der Waals surface area contributed by atoms with Crippen molar-refractivity contribution in [2.75, 3.05) is 5.75 Å². The lowest BCUT2D eigenvalue weighted by atomic mass is 10.8. The first-order chi connectivity index (χ1) is 4.41. The van der Waals surface area contributed by atoms with Gasteiger partial charge in [-0.2, -0.15) is 0 Å². The molecule has 52 valence electrons. The fourth-order valence-electron chi connectivity index (χ4n) is 0.139. The Balaban J connectivity index is 2.74. The zero-order chi connectivity index (χ0) is 6.95. The molecule has 0 aromatic rings. The minimum Gasteiger partial charge on any atom is -0.102 e. The van der Waals surface area contributed by atoms with Crippen molar-refractivity contribution in [3.05, 3.63) is 24.6 Å². The van der Waals surface area contributed by atoms with Gasteiger partial charge in [-0.25, -0.2) is 0 Å². The molecule has 0 bridgehead atoms. The van der Waals surface area contributed by atoms with Crippen LogP contribution in [-0.4, -0.2) is 5.75 Å². The lowest BCUT2D eigenvalue weighted by Gasteiger charge is -1.90. The Morgan fingerprint density at radius 2 is 2.00 bits per heavy atom. The molecular formula is C5H8S4. The fraction of sp³-hybridized carbons (Fsp3) is 0.200. The van der Waals surface area contributed by atoms with Gasteiger partial charge >= 0.3 is 0 Å². The Hall–Kier alpha value is 0.880. The van der Waals surface area contributed by atoms with E-state index in [4.69, 9.17) is 0 Å². The number of hydrogen-bond acceptors (Lipinski definition) is 4. The van der Waals surface area contributed by atoms with E-state index in [9.17, 15) is 0 Å². The van der Waals surface area contributed by atoms with Crippen LogP contribution in [0.5, 0.6) is 0 Å². The highest BCUT2D eigenvalue weighted by Gasteiger charge is 1.84. The molecule has 0 saturated carbocycles. The van der Waals surface area contributed by atoms with Crippen molar-refractivity contribution in [2.45, 2.75) is 0 Å². The molecule has 0 aliphatic heterocycles. The highest BCUT2D eigenvalue weighted by atomic mass is 33.7.